The number of benzene rings is 2. The van der Waals surface area contributed by atoms with Crippen molar-refractivity contribution in [1.29, 1.82) is 0 Å². The van der Waals surface area contributed by atoms with Crippen LogP contribution in [0, 0.1) is 13.8 Å². The zero-order valence-electron chi connectivity index (χ0n) is 38.6. The number of nitrogens with one attached hydrogen (secondary N) is 1. The monoisotopic (exact) mass is 988 g/mol. The number of likely N-dealkylation sites (tertiary alicyclic amines) is 3. The molecule has 0 aliphatic carbocycles. The predicted molar refractivity (Wildman–Crippen MR) is 233 cm³/mol. The van der Waals surface area contributed by atoms with Crippen molar-refractivity contribution in [2.24, 2.45) is 0 Å². The molecule has 0 saturated carbocycles. The van der Waals surface area contributed by atoms with Gasteiger partial charge in [-0.2, -0.15) is 52.7 Å². The van der Waals surface area contributed by atoms with Gasteiger partial charge in [0.15, 0.2) is 0 Å². The van der Waals surface area contributed by atoms with Crippen LogP contribution in [-0.2, 0) is 17.8 Å². The summed E-state index contributed by atoms with van der Waals surface area (Å²) >= 11 is 0. The van der Waals surface area contributed by atoms with Crippen LogP contribution in [0.1, 0.15) is 99.3 Å². The van der Waals surface area contributed by atoms with E-state index in [4.69, 9.17) is 5.11 Å². The summed E-state index contributed by atoms with van der Waals surface area (Å²) in [6.07, 6.45) is -19.3. The van der Waals surface area contributed by atoms with Gasteiger partial charge in [0, 0.05) is 74.8 Å². The Kier molecular flexibility index (Phi) is 17.2. The molecule has 2 aromatic carbocycles. The zero-order valence-corrected chi connectivity index (χ0v) is 38.6. The van der Waals surface area contributed by atoms with E-state index in [0.29, 0.717) is 18.4 Å². The average molecular weight is 989 g/mol. The second-order valence-corrected chi connectivity index (χ2v) is 19.2. The van der Waals surface area contributed by atoms with Crippen molar-refractivity contribution in [2.45, 2.75) is 152 Å². The van der Waals surface area contributed by atoms with Crippen molar-refractivity contribution in [3.05, 3.63) is 58.7 Å². The number of aryl methyl sites for hydroxylation is 2. The Hall–Kier alpha value is -3.69. The summed E-state index contributed by atoms with van der Waals surface area (Å²) < 4.78 is 146. The number of aliphatic hydroxyl groups excluding tert-OH is 1. The molecule has 2 N–H and O–H groups in total. The van der Waals surface area contributed by atoms with Crippen molar-refractivity contribution in [3.63, 3.8) is 0 Å². The molecule has 384 valence electrons. The van der Waals surface area contributed by atoms with Crippen molar-refractivity contribution in [1.82, 2.24) is 20.0 Å². The molecule has 6 saturated heterocycles. The molecule has 2 aromatic rings. The van der Waals surface area contributed by atoms with Crippen molar-refractivity contribution in [2.75, 3.05) is 75.2 Å². The van der Waals surface area contributed by atoms with Gasteiger partial charge >= 0.3 is 30.8 Å². The van der Waals surface area contributed by atoms with Crippen molar-refractivity contribution >= 4 is 17.5 Å². The van der Waals surface area contributed by atoms with Crippen LogP contribution in [0.15, 0.2) is 36.4 Å². The van der Waals surface area contributed by atoms with Crippen LogP contribution in [0.5, 0.6) is 0 Å². The second-order valence-electron chi connectivity index (χ2n) is 19.2. The van der Waals surface area contributed by atoms with E-state index in [0.717, 1.165) is 63.3 Å². The van der Waals surface area contributed by atoms with E-state index in [1.165, 1.54) is 99.3 Å². The smallest absolute Gasteiger partial charge is 0.426 e. The molecule has 1 amide bonds. The SMILES string of the molecule is Cc1ccc(CN2CCCC23CCN(C(=O)OC(C(F)(F)F)C(F)(F)F)CC3)c(N2CCCC2)c1.Cc1ccc(CN2CCCC23CCNCC3)c(N2CCCC2)c1.OC(C(F)(F)F)C(F)(F)F. The first kappa shape index (κ1) is 53.7. The third-order valence-electron chi connectivity index (χ3n) is 14.5. The quantitative estimate of drug-likeness (QED) is 0.266. The number of carbonyl (C=O) groups excluding carboxylic acids is 1. The lowest BCUT2D eigenvalue weighted by Crippen LogP contribution is -2.54. The minimum atomic E-state index is -5.71. The van der Waals surface area contributed by atoms with Gasteiger partial charge in [0.1, 0.15) is 0 Å². The molecule has 21 heteroatoms. The highest BCUT2D eigenvalue weighted by Crippen LogP contribution is 2.43. The van der Waals surface area contributed by atoms with Crippen molar-refractivity contribution in [3.8, 4) is 0 Å². The Balaban J connectivity index is 0.000000197. The topological polar surface area (TPSA) is 74.8 Å². The standard InChI is InChI=1S/C24H31F6N3O2.C20H31N3.C3H2F6O/c1-17-5-6-18(19(15-17)31-10-2-3-11-31)16-33-12-4-7-22(33)8-13-32(14-9-22)21(34)35-20(23(25,26)27)24(28,29)30;1-17-5-6-18(19(15-17)22-12-2-3-13-22)16-23-14-4-7-20(23)8-10-21-11-9-20;4-2(5,6)1(10)3(7,8)9/h5-6,15,20H,2-4,7-14,16H2,1H3;5-6,15,21H,2-4,7-14,16H2,1H3;1,10H. The van der Waals surface area contributed by atoms with Gasteiger partial charge in [-0.05, 0) is 151 Å². The first-order valence-corrected chi connectivity index (χ1v) is 23.6. The van der Waals surface area contributed by atoms with E-state index in [2.05, 4.69) is 79.9 Å². The number of nitrogens with zero attached hydrogens (tertiary/aromatic N) is 5. The van der Waals surface area contributed by atoms with E-state index >= 15 is 0 Å². The van der Waals surface area contributed by atoms with E-state index in [1.54, 1.807) is 5.56 Å². The predicted octanol–water partition coefficient (Wildman–Crippen LogP) is 10.4. The normalized spacial score (nSPS) is 21.5. The minimum Gasteiger partial charge on any atom is -0.426 e. The maximum atomic E-state index is 12.8. The number of alkyl halides is 12. The number of amides is 1. The molecule has 6 aliphatic rings. The number of halogens is 12. The Morgan fingerprint density at radius 3 is 1.34 bits per heavy atom. The Morgan fingerprint density at radius 1 is 0.574 bits per heavy atom. The number of aliphatic hydroxyl groups is 1. The van der Waals surface area contributed by atoms with Gasteiger partial charge in [-0.15, -0.1) is 0 Å². The number of anilines is 2. The first-order chi connectivity index (χ1) is 31.8. The fourth-order valence-electron chi connectivity index (χ4n) is 10.8. The fraction of sp³-hybridized carbons (Fsp3) is 0.723. The molecule has 0 atom stereocenters. The van der Waals surface area contributed by atoms with Crippen LogP contribution >= 0.6 is 0 Å². The molecule has 68 heavy (non-hydrogen) atoms. The lowest BCUT2D eigenvalue weighted by Gasteiger charge is -2.45. The second kappa shape index (κ2) is 21.7. The molecule has 0 radical (unpaired) electrons. The molecular formula is C47H64F12N6O3. The summed E-state index contributed by atoms with van der Waals surface area (Å²) in [4.78, 5) is 23.4. The minimum absolute atomic E-state index is 0.0602. The highest BCUT2D eigenvalue weighted by atomic mass is 19.4. The fourth-order valence-corrected chi connectivity index (χ4v) is 10.8. The molecule has 6 heterocycles. The highest BCUT2D eigenvalue weighted by molar-refractivity contribution is 5.68. The van der Waals surface area contributed by atoms with Crippen LogP contribution in [0.2, 0.25) is 0 Å². The van der Waals surface area contributed by atoms with Gasteiger partial charge in [0.25, 0.3) is 6.10 Å². The molecular weight excluding hydrogens is 925 g/mol. The summed E-state index contributed by atoms with van der Waals surface area (Å²) in [6, 6.07) is 13.6. The van der Waals surface area contributed by atoms with Crippen LogP contribution in [0.25, 0.3) is 0 Å². The maximum absolute atomic E-state index is 12.8. The molecule has 0 aromatic heterocycles. The summed E-state index contributed by atoms with van der Waals surface area (Å²) in [5.74, 6) is 0. The van der Waals surface area contributed by atoms with Crippen LogP contribution in [0.4, 0.5) is 68.9 Å². The van der Waals surface area contributed by atoms with Crippen LogP contribution in [-0.4, -0.2) is 139 Å². The lowest BCUT2D eigenvalue weighted by atomic mass is 9.84. The Bertz CT molecular complexity index is 1920. The summed E-state index contributed by atoms with van der Waals surface area (Å²) in [7, 11) is 0. The van der Waals surface area contributed by atoms with Gasteiger partial charge in [-0.25, -0.2) is 4.79 Å². The van der Waals surface area contributed by atoms with Gasteiger partial charge in [-0.3, -0.25) is 9.80 Å². The number of ether oxygens (including phenoxy) is 1. The number of carbonyl (C=O) groups is 1. The van der Waals surface area contributed by atoms with E-state index in [9.17, 15) is 57.5 Å². The van der Waals surface area contributed by atoms with Gasteiger partial charge in [0.2, 0.25) is 6.10 Å². The van der Waals surface area contributed by atoms with Gasteiger partial charge < -0.3 is 29.9 Å². The number of rotatable bonds is 7. The van der Waals surface area contributed by atoms with E-state index in [1.807, 2.05) is 0 Å². The lowest BCUT2D eigenvalue weighted by molar-refractivity contribution is -0.309. The molecule has 6 aliphatic heterocycles. The van der Waals surface area contributed by atoms with Crippen LogP contribution < -0.4 is 15.1 Å². The molecule has 2 spiro atoms. The zero-order chi connectivity index (χ0) is 49.7. The third-order valence-corrected chi connectivity index (χ3v) is 14.5. The molecule has 6 fully saturated rings. The molecule has 9 nitrogen and oxygen atoms in total. The first-order valence-electron chi connectivity index (χ1n) is 23.6. The highest BCUT2D eigenvalue weighted by Gasteiger charge is 2.60. The number of hydrogen-bond acceptors (Lipinski definition) is 8. The number of piperidine rings is 2. The summed E-state index contributed by atoms with van der Waals surface area (Å²) in [5, 5.41) is 11.0. The largest absolute Gasteiger partial charge is 0.434 e. The summed E-state index contributed by atoms with van der Waals surface area (Å²) in [6.45, 7) is 15.4. The Labute approximate surface area is 390 Å². The van der Waals surface area contributed by atoms with Gasteiger partial charge in [0.05, 0.1) is 0 Å². The van der Waals surface area contributed by atoms with Crippen LogP contribution in [0.3, 0.4) is 0 Å². The Morgan fingerprint density at radius 2 is 0.971 bits per heavy atom. The summed E-state index contributed by atoms with van der Waals surface area (Å²) in [5.41, 5.74) is 8.37. The average Bonchev–Trinajstić information content (AvgIpc) is 4.11. The molecule has 0 bridgehead atoms. The molecule has 0 unspecified atom stereocenters. The van der Waals surface area contributed by atoms with E-state index < -0.39 is 43.0 Å². The molecule has 8 rings (SSSR count). The maximum Gasteiger partial charge on any atom is 0.434 e. The number of hydrogen-bond donors (Lipinski definition) is 2. The van der Waals surface area contributed by atoms with E-state index in [-0.39, 0.29) is 18.6 Å². The third kappa shape index (κ3) is 13.4. The van der Waals surface area contributed by atoms with Crippen molar-refractivity contribution < 1.29 is 67.3 Å². The van der Waals surface area contributed by atoms with Gasteiger partial charge in [-0.1, -0.05) is 24.3 Å².